The van der Waals surface area contributed by atoms with E-state index in [1.807, 2.05) is 54.6 Å². The van der Waals surface area contributed by atoms with Crippen molar-refractivity contribution in [2.45, 2.75) is 12.3 Å². The molecule has 3 heterocycles. The van der Waals surface area contributed by atoms with Gasteiger partial charge in [0.2, 0.25) is 0 Å². The largest absolute Gasteiger partial charge is 2.00 e. The Kier molecular flexibility index (Phi) is 21.4. The summed E-state index contributed by atoms with van der Waals surface area (Å²) in [4.78, 5) is 13.6. The van der Waals surface area contributed by atoms with E-state index in [-0.39, 0.29) is 17.1 Å². The van der Waals surface area contributed by atoms with Crippen molar-refractivity contribution < 1.29 is 17.1 Å². The van der Waals surface area contributed by atoms with Crippen molar-refractivity contribution in [3.8, 4) is 0 Å². The van der Waals surface area contributed by atoms with Crippen LogP contribution in [0.25, 0.3) is 16.2 Å². The quantitative estimate of drug-likeness (QED) is 0.0686. The Labute approximate surface area is 350 Å². The SMILES string of the molecule is CC(c1ccccn1)(c1ccccn1)c1ccccn1.[Fe+2].[N-]=C=S.[N-]=C=S.[N-]=C=S.c1ccc([P+](c2ccccc2)(c2ccccc2)c2ccccc2)cc1. The third kappa shape index (κ3) is 12.3. The van der Waals surface area contributed by atoms with E-state index >= 15 is 0 Å². The number of hydrogen-bond donors (Lipinski definition) is 0. The molecule has 0 amide bonds. The van der Waals surface area contributed by atoms with Crippen molar-refractivity contribution >= 4 is 80.6 Å². The predicted molar refractivity (Wildman–Crippen MR) is 237 cm³/mol. The first-order valence-corrected chi connectivity index (χ1v) is 19.4. The molecule has 55 heavy (non-hydrogen) atoms. The average molecular weight is 831 g/mol. The van der Waals surface area contributed by atoms with E-state index in [4.69, 9.17) is 16.2 Å². The topological polar surface area (TPSA) is 106 Å². The minimum absolute atomic E-state index is 0. The first-order chi connectivity index (χ1) is 26.5. The number of aromatic nitrogens is 3. The molecule has 0 aliphatic rings. The first-order valence-electron chi connectivity index (χ1n) is 16.4. The molecular weight excluding hydrogens is 796 g/mol. The van der Waals surface area contributed by atoms with Crippen LogP contribution in [-0.2, 0) is 22.5 Å². The van der Waals surface area contributed by atoms with Crippen LogP contribution in [0, 0.1) is 0 Å². The summed E-state index contributed by atoms with van der Waals surface area (Å²) in [5, 5.41) is 31.0. The molecule has 7 aromatic rings. The van der Waals surface area contributed by atoms with Crippen molar-refractivity contribution in [3.05, 3.63) is 228 Å². The number of thiocarbonyl (C=S) groups is 3. The number of hydrogen-bond acceptors (Lipinski definition) is 6. The summed E-state index contributed by atoms with van der Waals surface area (Å²) >= 11 is 11.1. The molecule has 272 valence electrons. The Morgan fingerprint density at radius 2 is 0.600 bits per heavy atom. The van der Waals surface area contributed by atoms with Crippen LogP contribution < -0.4 is 21.2 Å². The van der Waals surface area contributed by atoms with Gasteiger partial charge >= 0.3 is 17.1 Å². The van der Waals surface area contributed by atoms with Crippen molar-refractivity contribution in [1.82, 2.24) is 15.0 Å². The van der Waals surface area contributed by atoms with Crippen LogP contribution in [0.2, 0.25) is 0 Å². The minimum Gasteiger partial charge on any atom is -0.753 e. The van der Waals surface area contributed by atoms with Crippen LogP contribution in [0.4, 0.5) is 0 Å². The summed E-state index contributed by atoms with van der Waals surface area (Å²) < 4.78 is 0. The zero-order chi connectivity index (χ0) is 38.9. The summed E-state index contributed by atoms with van der Waals surface area (Å²) in [5.41, 5.74) is 2.37. The maximum absolute atomic E-state index is 7.13. The average Bonchev–Trinajstić information content (AvgIpc) is 3.25. The second kappa shape index (κ2) is 25.7. The van der Waals surface area contributed by atoms with Crippen LogP contribution in [0.5, 0.6) is 0 Å². The molecule has 4 aromatic carbocycles. The number of nitrogens with zero attached hydrogens (tertiary/aromatic N) is 6. The van der Waals surface area contributed by atoms with Gasteiger partial charge in [0.05, 0.1) is 22.5 Å². The molecular formula is C44H35FeN6PS3. The van der Waals surface area contributed by atoms with Crippen molar-refractivity contribution in [3.63, 3.8) is 0 Å². The van der Waals surface area contributed by atoms with E-state index in [1.54, 1.807) is 18.6 Å². The van der Waals surface area contributed by atoms with Gasteiger partial charge in [-0.2, -0.15) is 15.5 Å². The summed E-state index contributed by atoms with van der Waals surface area (Å²) in [5.74, 6) is 0. The maximum atomic E-state index is 7.13. The number of rotatable bonds is 7. The predicted octanol–water partition coefficient (Wildman–Crippen LogP) is 9.51. The molecule has 0 aliphatic carbocycles. The van der Waals surface area contributed by atoms with Gasteiger partial charge in [-0.25, -0.2) is 0 Å². The van der Waals surface area contributed by atoms with Gasteiger partial charge < -0.3 is 16.2 Å². The molecule has 3 aromatic heterocycles. The third-order valence-electron chi connectivity index (χ3n) is 8.11. The fourth-order valence-corrected chi connectivity index (χ4v) is 10.1. The Balaban J connectivity index is 0.000000313. The molecule has 0 atom stereocenters. The van der Waals surface area contributed by atoms with Crippen LogP contribution in [-0.4, -0.2) is 30.4 Å². The third-order valence-corrected chi connectivity index (χ3v) is 12.4. The molecule has 0 spiro atoms. The summed E-state index contributed by atoms with van der Waals surface area (Å²) in [6.07, 6.45) is 5.42. The van der Waals surface area contributed by atoms with Gasteiger partial charge in [-0.1, -0.05) is 128 Å². The van der Waals surface area contributed by atoms with Crippen LogP contribution in [0.15, 0.2) is 195 Å². The molecule has 11 heteroatoms. The van der Waals surface area contributed by atoms with E-state index in [0.717, 1.165) is 17.1 Å². The van der Waals surface area contributed by atoms with Gasteiger partial charge in [-0.15, -0.1) is 0 Å². The van der Waals surface area contributed by atoms with Gasteiger partial charge in [0.15, 0.2) is 0 Å². The van der Waals surface area contributed by atoms with E-state index < -0.39 is 12.7 Å². The van der Waals surface area contributed by atoms with Crippen LogP contribution in [0.1, 0.15) is 24.0 Å². The fourth-order valence-electron chi connectivity index (χ4n) is 5.87. The molecule has 0 aliphatic heterocycles. The molecule has 7 rings (SSSR count). The van der Waals surface area contributed by atoms with Crippen molar-refractivity contribution in [1.29, 1.82) is 0 Å². The Hall–Kier alpha value is -5.32. The van der Waals surface area contributed by atoms with Gasteiger partial charge in [0.1, 0.15) is 28.5 Å². The monoisotopic (exact) mass is 830 g/mol. The van der Waals surface area contributed by atoms with Gasteiger partial charge in [-0.05, 0) is 91.9 Å². The maximum Gasteiger partial charge on any atom is 2.00 e. The summed E-state index contributed by atoms with van der Waals surface area (Å²) in [7, 11) is -1.91. The number of isothiocyanates is 3. The molecule has 0 saturated heterocycles. The molecule has 0 N–H and O–H groups in total. The van der Waals surface area contributed by atoms with E-state index in [0.29, 0.717) is 0 Å². The standard InChI is InChI=1S/C24H20P.C17H15N3.3CNS.Fe/c1-5-13-21(14-6-1)25(22-15-7-2-8-16-22,23-17-9-3-10-18-23)24-19-11-4-12-20-24;1-17(14-8-2-5-11-18-14,15-9-3-6-12-19-15)16-10-4-7-13-20-16;3*2-1-3;/h1-20H;2-13H,1H3;;;;/q+1;;3*-1;+2. The van der Waals surface area contributed by atoms with Crippen LogP contribution >= 0.6 is 43.9 Å². The summed E-state index contributed by atoms with van der Waals surface area (Å²) in [6.45, 7) is 2.11. The molecule has 0 fully saturated rings. The van der Waals surface area contributed by atoms with Crippen molar-refractivity contribution in [2.75, 3.05) is 0 Å². The van der Waals surface area contributed by atoms with Gasteiger partial charge in [0.25, 0.3) is 0 Å². The minimum atomic E-state index is -1.91. The van der Waals surface area contributed by atoms with Gasteiger partial charge in [-0.3, -0.25) is 15.0 Å². The Bertz CT molecular complexity index is 1900. The molecule has 0 saturated carbocycles. The summed E-state index contributed by atoms with van der Waals surface area (Å²) in [6, 6.07) is 61.6. The van der Waals surface area contributed by atoms with E-state index in [2.05, 4.69) is 180 Å². The molecule has 0 bridgehead atoms. The number of benzene rings is 4. The fraction of sp³-hybridized carbons (Fsp3) is 0.0455. The Morgan fingerprint density at radius 1 is 0.400 bits per heavy atom. The number of pyridine rings is 3. The second-order valence-electron chi connectivity index (χ2n) is 11.1. The van der Waals surface area contributed by atoms with Gasteiger partial charge in [0, 0.05) is 18.6 Å². The zero-order valence-corrected chi connectivity index (χ0v) is 34.1. The van der Waals surface area contributed by atoms with Crippen LogP contribution in [0.3, 0.4) is 0 Å². The normalized spacial score (nSPS) is 9.62. The zero-order valence-electron chi connectivity index (χ0n) is 29.7. The smallest absolute Gasteiger partial charge is 0.753 e. The van der Waals surface area contributed by atoms with E-state index in [9.17, 15) is 0 Å². The second-order valence-corrected chi connectivity index (χ2v) is 15.0. The molecule has 6 nitrogen and oxygen atoms in total. The first kappa shape index (κ1) is 45.8. The van der Waals surface area contributed by atoms with E-state index in [1.165, 1.54) is 36.7 Å². The molecule has 0 radical (unpaired) electrons. The van der Waals surface area contributed by atoms with Crippen molar-refractivity contribution in [2.24, 2.45) is 0 Å². The Morgan fingerprint density at radius 3 is 0.782 bits per heavy atom. The molecule has 0 unspecified atom stereocenters.